The molecular weight excluding hydrogens is 350 g/mol. The first kappa shape index (κ1) is 20.4. The maximum Gasteiger partial charge on any atom is 0.191 e. The first-order valence-electron chi connectivity index (χ1n) is 10.0. The third-order valence-electron chi connectivity index (χ3n) is 5.07. The largest absolute Gasteiger partial charge is 0.381 e. The first-order chi connectivity index (χ1) is 13.7. The molecular formula is C23H31N3O2. The van der Waals surface area contributed by atoms with Gasteiger partial charge in [0.25, 0.3) is 0 Å². The van der Waals surface area contributed by atoms with Gasteiger partial charge in [-0.2, -0.15) is 0 Å². The van der Waals surface area contributed by atoms with Gasteiger partial charge in [0.1, 0.15) is 0 Å². The first-order valence-corrected chi connectivity index (χ1v) is 10.0. The van der Waals surface area contributed by atoms with Crippen molar-refractivity contribution in [3.8, 4) is 0 Å². The molecule has 28 heavy (non-hydrogen) atoms. The van der Waals surface area contributed by atoms with Crippen molar-refractivity contribution in [2.24, 2.45) is 4.99 Å². The lowest BCUT2D eigenvalue weighted by Crippen LogP contribution is -2.36. The van der Waals surface area contributed by atoms with E-state index in [0.717, 1.165) is 45.1 Å². The second-order valence-electron chi connectivity index (χ2n) is 7.15. The SMILES string of the molecule is CN=C(NCc1ccc(COC2CCOCC2)cc1)NCc1ccccc1C. The topological polar surface area (TPSA) is 54.9 Å². The summed E-state index contributed by atoms with van der Waals surface area (Å²) in [7, 11) is 1.80. The Bertz CT molecular complexity index is 753. The Labute approximate surface area is 168 Å². The molecule has 3 rings (SSSR count). The van der Waals surface area contributed by atoms with Gasteiger partial charge in [-0.05, 0) is 42.0 Å². The highest BCUT2D eigenvalue weighted by Crippen LogP contribution is 2.14. The van der Waals surface area contributed by atoms with Crippen molar-refractivity contribution in [1.29, 1.82) is 0 Å². The van der Waals surface area contributed by atoms with Crippen molar-refractivity contribution in [2.45, 2.75) is 45.6 Å². The Morgan fingerprint density at radius 2 is 1.68 bits per heavy atom. The van der Waals surface area contributed by atoms with E-state index < -0.39 is 0 Å². The van der Waals surface area contributed by atoms with Crippen LogP contribution in [0.5, 0.6) is 0 Å². The van der Waals surface area contributed by atoms with Gasteiger partial charge in [0.2, 0.25) is 0 Å². The quantitative estimate of drug-likeness (QED) is 0.569. The summed E-state index contributed by atoms with van der Waals surface area (Å²) in [5, 5.41) is 6.75. The van der Waals surface area contributed by atoms with E-state index in [9.17, 15) is 0 Å². The highest BCUT2D eigenvalue weighted by molar-refractivity contribution is 5.79. The van der Waals surface area contributed by atoms with Crippen LogP contribution in [0.3, 0.4) is 0 Å². The minimum Gasteiger partial charge on any atom is -0.381 e. The van der Waals surface area contributed by atoms with Crippen LogP contribution in [0, 0.1) is 6.92 Å². The number of hydrogen-bond donors (Lipinski definition) is 2. The molecule has 0 atom stereocenters. The molecule has 2 aromatic rings. The Kier molecular flexibility index (Phi) is 7.88. The summed E-state index contributed by atoms with van der Waals surface area (Å²) in [6, 6.07) is 16.9. The Hall–Kier alpha value is -2.37. The number of ether oxygens (including phenoxy) is 2. The molecule has 0 spiro atoms. The summed E-state index contributed by atoms with van der Waals surface area (Å²) >= 11 is 0. The number of nitrogens with one attached hydrogen (secondary N) is 2. The summed E-state index contributed by atoms with van der Waals surface area (Å²) < 4.78 is 11.4. The molecule has 150 valence electrons. The fourth-order valence-corrected chi connectivity index (χ4v) is 3.20. The number of rotatable bonds is 7. The summed E-state index contributed by atoms with van der Waals surface area (Å²) in [6.45, 7) is 5.91. The highest BCUT2D eigenvalue weighted by Gasteiger charge is 2.13. The molecule has 1 aliphatic rings. The second-order valence-corrected chi connectivity index (χ2v) is 7.15. The molecule has 2 N–H and O–H groups in total. The normalized spacial score (nSPS) is 15.4. The van der Waals surface area contributed by atoms with Crippen LogP contribution in [0.2, 0.25) is 0 Å². The van der Waals surface area contributed by atoms with Crippen LogP contribution in [0.15, 0.2) is 53.5 Å². The zero-order chi connectivity index (χ0) is 19.6. The number of benzene rings is 2. The van der Waals surface area contributed by atoms with Gasteiger partial charge >= 0.3 is 0 Å². The van der Waals surface area contributed by atoms with Gasteiger partial charge in [-0.1, -0.05) is 48.5 Å². The fourth-order valence-electron chi connectivity index (χ4n) is 3.20. The van der Waals surface area contributed by atoms with Gasteiger partial charge in [-0.3, -0.25) is 4.99 Å². The van der Waals surface area contributed by atoms with Gasteiger partial charge in [0, 0.05) is 33.4 Å². The molecule has 0 radical (unpaired) electrons. The molecule has 1 saturated heterocycles. The maximum atomic E-state index is 5.98. The van der Waals surface area contributed by atoms with Crippen molar-refractivity contribution in [2.75, 3.05) is 20.3 Å². The van der Waals surface area contributed by atoms with Crippen LogP contribution in [0.4, 0.5) is 0 Å². The molecule has 1 heterocycles. The van der Waals surface area contributed by atoms with E-state index in [1.54, 1.807) is 7.05 Å². The zero-order valence-corrected chi connectivity index (χ0v) is 16.9. The zero-order valence-electron chi connectivity index (χ0n) is 16.9. The van der Waals surface area contributed by atoms with Gasteiger partial charge in [-0.15, -0.1) is 0 Å². The number of hydrogen-bond acceptors (Lipinski definition) is 3. The lowest BCUT2D eigenvalue weighted by Gasteiger charge is -2.22. The standard InChI is InChI=1S/C23H31N3O2/c1-18-5-3-4-6-21(18)16-26-23(24-2)25-15-19-7-9-20(10-8-19)17-28-22-11-13-27-14-12-22/h3-10,22H,11-17H2,1-2H3,(H2,24,25,26). The predicted octanol–water partition coefficient (Wildman–Crippen LogP) is 3.56. The Morgan fingerprint density at radius 1 is 1.00 bits per heavy atom. The van der Waals surface area contributed by atoms with Crippen LogP contribution in [-0.4, -0.2) is 32.3 Å². The van der Waals surface area contributed by atoms with E-state index >= 15 is 0 Å². The van der Waals surface area contributed by atoms with Crippen molar-refractivity contribution < 1.29 is 9.47 Å². The van der Waals surface area contributed by atoms with Crippen LogP contribution >= 0.6 is 0 Å². The van der Waals surface area contributed by atoms with E-state index in [1.807, 2.05) is 0 Å². The molecule has 5 heteroatoms. The fraction of sp³-hybridized carbons (Fsp3) is 0.435. The number of aryl methyl sites for hydroxylation is 1. The maximum absolute atomic E-state index is 5.98. The Balaban J connectivity index is 1.42. The monoisotopic (exact) mass is 381 g/mol. The number of nitrogens with zero attached hydrogens (tertiary/aromatic N) is 1. The van der Waals surface area contributed by atoms with Crippen molar-refractivity contribution in [1.82, 2.24) is 10.6 Å². The summed E-state index contributed by atoms with van der Waals surface area (Å²) in [5.74, 6) is 0.801. The van der Waals surface area contributed by atoms with E-state index in [2.05, 4.69) is 71.1 Å². The predicted molar refractivity (Wildman–Crippen MR) is 113 cm³/mol. The molecule has 0 aliphatic carbocycles. The molecule has 1 fully saturated rings. The Morgan fingerprint density at radius 3 is 2.39 bits per heavy atom. The molecule has 0 aromatic heterocycles. The van der Waals surface area contributed by atoms with Crippen LogP contribution in [0.25, 0.3) is 0 Å². The van der Waals surface area contributed by atoms with Crippen molar-refractivity contribution in [3.63, 3.8) is 0 Å². The van der Waals surface area contributed by atoms with Crippen LogP contribution < -0.4 is 10.6 Å². The summed E-state index contributed by atoms with van der Waals surface area (Å²) in [6.07, 6.45) is 2.32. The van der Waals surface area contributed by atoms with Crippen molar-refractivity contribution in [3.05, 3.63) is 70.8 Å². The molecule has 1 aliphatic heterocycles. The molecule has 2 aromatic carbocycles. The van der Waals surface area contributed by atoms with E-state index in [0.29, 0.717) is 12.7 Å². The van der Waals surface area contributed by atoms with Gasteiger partial charge in [0.05, 0.1) is 12.7 Å². The molecule has 0 bridgehead atoms. The van der Waals surface area contributed by atoms with E-state index in [4.69, 9.17) is 9.47 Å². The minimum absolute atomic E-state index is 0.331. The van der Waals surface area contributed by atoms with Crippen LogP contribution in [-0.2, 0) is 29.2 Å². The van der Waals surface area contributed by atoms with E-state index in [1.165, 1.54) is 22.3 Å². The number of guanidine groups is 1. The van der Waals surface area contributed by atoms with Gasteiger partial charge in [0.15, 0.2) is 5.96 Å². The van der Waals surface area contributed by atoms with Gasteiger partial charge in [-0.25, -0.2) is 0 Å². The van der Waals surface area contributed by atoms with E-state index in [-0.39, 0.29) is 0 Å². The summed E-state index contributed by atoms with van der Waals surface area (Å²) in [4.78, 5) is 4.31. The highest BCUT2D eigenvalue weighted by atomic mass is 16.5. The smallest absolute Gasteiger partial charge is 0.191 e. The lowest BCUT2D eigenvalue weighted by atomic mass is 10.1. The minimum atomic E-state index is 0.331. The van der Waals surface area contributed by atoms with Gasteiger partial charge < -0.3 is 20.1 Å². The lowest BCUT2D eigenvalue weighted by molar-refractivity contribution is -0.0390. The average molecular weight is 382 g/mol. The third kappa shape index (κ3) is 6.36. The second kappa shape index (κ2) is 10.8. The average Bonchev–Trinajstić information content (AvgIpc) is 2.75. The third-order valence-corrected chi connectivity index (χ3v) is 5.07. The summed E-state index contributed by atoms with van der Waals surface area (Å²) in [5.41, 5.74) is 4.98. The molecule has 0 saturated carbocycles. The van der Waals surface area contributed by atoms with Crippen LogP contribution in [0.1, 0.15) is 35.1 Å². The van der Waals surface area contributed by atoms with Crippen molar-refractivity contribution >= 4 is 5.96 Å². The molecule has 0 unspecified atom stereocenters. The number of aliphatic imine (C=N–C) groups is 1. The molecule has 5 nitrogen and oxygen atoms in total. The molecule has 0 amide bonds.